The first-order valence-electron chi connectivity index (χ1n) is 9.89. The Morgan fingerprint density at radius 1 is 1.04 bits per heavy atom. The molecule has 3 saturated carbocycles. The number of allylic oxidation sites excluding steroid dienone is 1. The lowest BCUT2D eigenvalue weighted by Crippen LogP contribution is -2.42. The maximum atomic E-state index is 4.73. The highest BCUT2D eigenvalue weighted by atomic mass is 15.3. The lowest BCUT2D eigenvalue weighted by atomic mass is 9.54. The van der Waals surface area contributed by atoms with Crippen LogP contribution in [0.3, 0.4) is 0 Å². The van der Waals surface area contributed by atoms with Gasteiger partial charge in [-0.2, -0.15) is 5.10 Å². The predicted molar refractivity (Wildman–Crippen MR) is 94.1 cm³/mol. The van der Waals surface area contributed by atoms with Crippen molar-refractivity contribution in [3.05, 3.63) is 22.5 Å². The third kappa shape index (κ3) is 1.90. The van der Waals surface area contributed by atoms with Crippen LogP contribution in [0.25, 0.3) is 6.08 Å². The Bertz CT molecular complexity index is 668. The van der Waals surface area contributed by atoms with Crippen LogP contribution < -0.4 is 0 Å². The number of nitrogens with zero attached hydrogens (tertiary/aromatic N) is 2. The lowest BCUT2D eigenvalue weighted by Gasteiger charge is -2.51. The molecule has 2 nitrogen and oxygen atoms in total. The Labute approximate surface area is 140 Å². The third-order valence-corrected chi connectivity index (χ3v) is 7.97. The van der Waals surface area contributed by atoms with Crippen molar-refractivity contribution in [2.75, 3.05) is 0 Å². The molecule has 4 aliphatic rings. The predicted octanol–water partition coefficient (Wildman–Crippen LogP) is 5.08. The number of aryl methyl sites for hydroxylation is 2. The first kappa shape index (κ1) is 14.3. The quantitative estimate of drug-likeness (QED) is 0.653. The molecule has 5 unspecified atom stereocenters. The smallest absolute Gasteiger partial charge is 0.0644 e. The molecular weight excluding hydrogens is 280 g/mol. The van der Waals surface area contributed by atoms with Gasteiger partial charge in [0.2, 0.25) is 0 Å². The summed E-state index contributed by atoms with van der Waals surface area (Å²) in [5.41, 5.74) is 5.97. The molecule has 1 heterocycles. The molecule has 3 fully saturated rings. The highest BCUT2D eigenvalue weighted by molar-refractivity contribution is 5.60. The molecule has 0 saturated heterocycles. The van der Waals surface area contributed by atoms with Crippen molar-refractivity contribution < 1.29 is 0 Å². The Morgan fingerprint density at radius 2 is 1.91 bits per heavy atom. The number of rotatable bonds is 0. The Kier molecular flexibility index (Phi) is 3.09. The molecule has 1 aromatic heterocycles. The van der Waals surface area contributed by atoms with Crippen LogP contribution in [0.5, 0.6) is 0 Å². The highest BCUT2D eigenvalue weighted by Gasteiger charge is 2.49. The molecule has 124 valence electrons. The molecule has 23 heavy (non-hydrogen) atoms. The maximum absolute atomic E-state index is 4.73. The van der Waals surface area contributed by atoms with Crippen LogP contribution in [0.15, 0.2) is 5.57 Å². The van der Waals surface area contributed by atoms with Gasteiger partial charge in [-0.1, -0.05) is 25.3 Å². The number of fused-ring (bicyclic) bond motifs is 6. The molecule has 2 heteroatoms. The fourth-order valence-electron chi connectivity index (χ4n) is 7.22. The molecule has 0 N–H and O–H groups in total. The number of hydrogen-bond donors (Lipinski definition) is 0. The minimum atomic E-state index is 0.671. The lowest BCUT2D eigenvalue weighted by molar-refractivity contribution is 0.0469. The summed E-state index contributed by atoms with van der Waals surface area (Å²) < 4.78 is 2.12. The van der Waals surface area contributed by atoms with Crippen molar-refractivity contribution in [2.45, 2.75) is 64.7 Å². The van der Waals surface area contributed by atoms with Gasteiger partial charge < -0.3 is 0 Å². The summed E-state index contributed by atoms with van der Waals surface area (Å²) >= 11 is 0. The van der Waals surface area contributed by atoms with Crippen LogP contribution in [0, 0.1) is 36.5 Å². The van der Waals surface area contributed by atoms with Crippen LogP contribution in [0.1, 0.15) is 74.7 Å². The van der Waals surface area contributed by atoms with Crippen molar-refractivity contribution in [1.29, 1.82) is 0 Å². The minimum absolute atomic E-state index is 0.671. The zero-order valence-electron chi connectivity index (χ0n) is 14.9. The zero-order chi connectivity index (χ0) is 15.7. The van der Waals surface area contributed by atoms with E-state index in [2.05, 4.69) is 31.7 Å². The molecule has 0 spiro atoms. The third-order valence-electron chi connectivity index (χ3n) is 7.97. The SMILES string of the molecule is Cc1nn(C)c2c1[C@H](C)C1C(=C2)CCC2C3CCCC3CCC21. The van der Waals surface area contributed by atoms with E-state index in [1.165, 1.54) is 56.3 Å². The van der Waals surface area contributed by atoms with Gasteiger partial charge in [0.25, 0.3) is 0 Å². The summed E-state index contributed by atoms with van der Waals surface area (Å²) in [6.07, 6.45) is 12.9. The molecule has 1 aromatic rings. The average Bonchev–Trinajstić information content (AvgIpc) is 3.12. The Balaban J connectivity index is 1.55. The molecule has 5 rings (SSSR count). The van der Waals surface area contributed by atoms with Gasteiger partial charge in [0.1, 0.15) is 0 Å². The van der Waals surface area contributed by atoms with Crippen LogP contribution >= 0.6 is 0 Å². The van der Waals surface area contributed by atoms with Gasteiger partial charge in [-0.05, 0) is 80.6 Å². The fourth-order valence-corrected chi connectivity index (χ4v) is 7.22. The van der Waals surface area contributed by atoms with E-state index in [1.807, 2.05) is 0 Å². The minimum Gasteiger partial charge on any atom is -0.268 e. The second-order valence-electron chi connectivity index (χ2n) is 8.84. The van der Waals surface area contributed by atoms with Gasteiger partial charge in [-0.25, -0.2) is 0 Å². The van der Waals surface area contributed by atoms with Gasteiger partial charge in [0.05, 0.1) is 11.4 Å². The van der Waals surface area contributed by atoms with E-state index in [0.29, 0.717) is 5.92 Å². The van der Waals surface area contributed by atoms with Gasteiger partial charge in [0, 0.05) is 12.6 Å². The summed E-state index contributed by atoms with van der Waals surface area (Å²) in [5, 5.41) is 4.73. The van der Waals surface area contributed by atoms with E-state index in [0.717, 1.165) is 29.6 Å². The van der Waals surface area contributed by atoms with E-state index >= 15 is 0 Å². The van der Waals surface area contributed by atoms with Crippen molar-refractivity contribution >= 4 is 6.08 Å². The molecule has 0 radical (unpaired) electrons. The van der Waals surface area contributed by atoms with Crippen molar-refractivity contribution in [3.8, 4) is 0 Å². The fraction of sp³-hybridized carbons (Fsp3) is 0.762. The second kappa shape index (κ2) is 4.97. The topological polar surface area (TPSA) is 17.8 Å². The van der Waals surface area contributed by atoms with Crippen LogP contribution in [-0.2, 0) is 7.05 Å². The van der Waals surface area contributed by atoms with Crippen molar-refractivity contribution in [1.82, 2.24) is 9.78 Å². The number of aromatic nitrogens is 2. The summed E-state index contributed by atoms with van der Waals surface area (Å²) in [7, 11) is 2.12. The van der Waals surface area contributed by atoms with E-state index in [1.54, 1.807) is 11.1 Å². The van der Waals surface area contributed by atoms with Gasteiger partial charge in [-0.3, -0.25) is 4.68 Å². The molecule has 0 amide bonds. The summed E-state index contributed by atoms with van der Waals surface area (Å²) in [6.45, 7) is 4.71. The molecule has 4 aliphatic carbocycles. The molecular formula is C21H30N2. The van der Waals surface area contributed by atoms with E-state index in [-0.39, 0.29) is 0 Å². The van der Waals surface area contributed by atoms with Crippen LogP contribution in [-0.4, -0.2) is 9.78 Å². The Hall–Kier alpha value is -1.05. The summed E-state index contributed by atoms with van der Waals surface area (Å²) in [6, 6.07) is 0. The molecule has 0 aromatic carbocycles. The molecule has 0 bridgehead atoms. The first-order valence-corrected chi connectivity index (χ1v) is 9.89. The largest absolute Gasteiger partial charge is 0.268 e. The normalized spacial score (nSPS) is 41.6. The standard InChI is InChI=1S/C21H30N2/c1-12-20-13(2)22-23(3)19(20)11-15-8-9-17-16-6-4-5-14(16)7-10-18(17)21(12)15/h11-12,14,16-18,21H,4-10H2,1-3H3/t12-,14?,16?,17?,18?,21?/m0/s1. The van der Waals surface area contributed by atoms with Gasteiger partial charge in [0.15, 0.2) is 0 Å². The molecule has 0 aliphatic heterocycles. The molecule has 6 atom stereocenters. The second-order valence-corrected chi connectivity index (χ2v) is 8.84. The average molecular weight is 310 g/mol. The van der Waals surface area contributed by atoms with E-state index < -0.39 is 0 Å². The van der Waals surface area contributed by atoms with Crippen molar-refractivity contribution in [2.24, 2.45) is 36.6 Å². The maximum Gasteiger partial charge on any atom is 0.0644 e. The number of hydrogen-bond acceptors (Lipinski definition) is 1. The van der Waals surface area contributed by atoms with Gasteiger partial charge in [-0.15, -0.1) is 0 Å². The monoisotopic (exact) mass is 310 g/mol. The Morgan fingerprint density at radius 3 is 2.78 bits per heavy atom. The van der Waals surface area contributed by atoms with E-state index in [4.69, 9.17) is 5.10 Å². The first-order chi connectivity index (χ1) is 11.1. The highest BCUT2D eigenvalue weighted by Crippen LogP contribution is 2.59. The van der Waals surface area contributed by atoms with Crippen LogP contribution in [0.2, 0.25) is 0 Å². The van der Waals surface area contributed by atoms with Gasteiger partial charge >= 0.3 is 0 Å². The van der Waals surface area contributed by atoms with E-state index in [9.17, 15) is 0 Å². The summed E-state index contributed by atoms with van der Waals surface area (Å²) in [4.78, 5) is 0. The zero-order valence-corrected chi connectivity index (χ0v) is 14.9. The van der Waals surface area contributed by atoms with Crippen LogP contribution in [0.4, 0.5) is 0 Å². The summed E-state index contributed by atoms with van der Waals surface area (Å²) in [5.74, 6) is 5.61. The van der Waals surface area contributed by atoms with Crippen molar-refractivity contribution in [3.63, 3.8) is 0 Å².